The van der Waals surface area contributed by atoms with E-state index in [1.165, 1.54) is 4.31 Å². The van der Waals surface area contributed by atoms with Crippen LogP contribution in [0.3, 0.4) is 0 Å². The first kappa shape index (κ1) is 18.7. The number of amides is 2. The minimum Gasteiger partial charge on any atom is -0.383 e. The molecule has 2 amide bonds. The average molecular weight is 395 g/mol. The van der Waals surface area contributed by atoms with E-state index in [9.17, 15) is 13.2 Å². The van der Waals surface area contributed by atoms with Crippen molar-refractivity contribution in [2.24, 2.45) is 0 Å². The van der Waals surface area contributed by atoms with Gasteiger partial charge in [0.15, 0.2) is 0 Å². The molecule has 9 heteroatoms. The summed E-state index contributed by atoms with van der Waals surface area (Å²) >= 11 is 0. The summed E-state index contributed by atoms with van der Waals surface area (Å²) in [5.74, 6) is 0. The SMILES string of the molecule is COCCN1C[C@@]23CN(C(=O)NCc4ccccc4)C[C@@H](C[C@@H]2S1(=O)=O)O3. The highest BCUT2D eigenvalue weighted by molar-refractivity contribution is 7.90. The molecule has 1 N–H and O–H groups in total. The van der Waals surface area contributed by atoms with Crippen molar-refractivity contribution in [2.45, 2.75) is 29.9 Å². The second kappa shape index (κ2) is 7.05. The standard InChI is InChI=1S/C18H25N3O5S/c1-25-8-7-21-13-18-12-20(11-15(26-18)9-16(18)27(21,23)24)17(22)19-10-14-5-3-2-4-6-14/h2-6,15-16H,7-13H2,1H3,(H,19,22)/t15-,16+,18+/m1/s1. The number of ether oxygens (including phenoxy) is 2. The number of morpholine rings is 1. The highest BCUT2D eigenvalue weighted by Gasteiger charge is 2.65. The normalized spacial score (nSPS) is 31.7. The third-order valence-corrected chi connectivity index (χ3v) is 8.00. The van der Waals surface area contributed by atoms with Crippen LogP contribution in [0.25, 0.3) is 0 Å². The number of urea groups is 1. The number of hydrogen-bond donors (Lipinski definition) is 1. The van der Waals surface area contributed by atoms with Crippen molar-refractivity contribution in [3.05, 3.63) is 35.9 Å². The second-order valence-electron chi connectivity index (χ2n) is 7.43. The largest absolute Gasteiger partial charge is 0.383 e. The van der Waals surface area contributed by atoms with Crippen LogP contribution >= 0.6 is 0 Å². The zero-order valence-electron chi connectivity index (χ0n) is 15.3. The van der Waals surface area contributed by atoms with Gasteiger partial charge >= 0.3 is 6.03 Å². The molecule has 0 radical (unpaired) electrons. The molecule has 0 unspecified atom stereocenters. The van der Waals surface area contributed by atoms with Crippen LogP contribution in [0.4, 0.5) is 4.79 Å². The van der Waals surface area contributed by atoms with Gasteiger partial charge in [-0.25, -0.2) is 13.2 Å². The van der Waals surface area contributed by atoms with Crippen LogP contribution < -0.4 is 5.32 Å². The number of nitrogens with zero attached hydrogens (tertiary/aromatic N) is 2. The summed E-state index contributed by atoms with van der Waals surface area (Å²) in [4.78, 5) is 14.4. The number of benzene rings is 1. The van der Waals surface area contributed by atoms with Gasteiger partial charge in [-0.3, -0.25) is 0 Å². The maximum Gasteiger partial charge on any atom is 0.317 e. The lowest BCUT2D eigenvalue weighted by Crippen LogP contribution is -2.58. The van der Waals surface area contributed by atoms with Gasteiger partial charge in [-0.05, 0) is 12.0 Å². The number of hydrogen-bond acceptors (Lipinski definition) is 5. The minimum atomic E-state index is -3.43. The van der Waals surface area contributed by atoms with Gasteiger partial charge in [-0.2, -0.15) is 4.31 Å². The molecule has 3 fully saturated rings. The van der Waals surface area contributed by atoms with Gasteiger partial charge < -0.3 is 19.7 Å². The predicted octanol–water partition coefficient (Wildman–Crippen LogP) is 0.400. The van der Waals surface area contributed by atoms with Crippen molar-refractivity contribution >= 4 is 16.1 Å². The van der Waals surface area contributed by atoms with E-state index in [0.29, 0.717) is 32.7 Å². The fourth-order valence-electron chi connectivity index (χ4n) is 4.38. The van der Waals surface area contributed by atoms with Crippen molar-refractivity contribution in [1.29, 1.82) is 0 Å². The summed E-state index contributed by atoms with van der Waals surface area (Å²) in [7, 11) is -1.89. The third-order valence-electron chi connectivity index (χ3n) is 5.63. The molecular formula is C18H25N3O5S. The fraction of sp³-hybridized carbons (Fsp3) is 0.611. The number of carbonyl (C=O) groups excluding carboxylic acids is 1. The maximum absolute atomic E-state index is 12.9. The molecule has 1 spiro atoms. The van der Waals surface area contributed by atoms with E-state index in [0.717, 1.165) is 5.56 Å². The molecule has 1 aromatic carbocycles. The first-order chi connectivity index (χ1) is 12.9. The third kappa shape index (κ3) is 3.33. The quantitative estimate of drug-likeness (QED) is 0.780. The Hall–Kier alpha value is -1.68. The van der Waals surface area contributed by atoms with Crippen molar-refractivity contribution in [3.8, 4) is 0 Å². The van der Waals surface area contributed by atoms with Crippen LogP contribution in [0, 0.1) is 0 Å². The van der Waals surface area contributed by atoms with Gasteiger partial charge in [-0.1, -0.05) is 30.3 Å². The van der Waals surface area contributed by atoms with E-state index in [1.54, 1.807) is 12.0 Å². The van der Waals surface area contributed by atoms with Crippen LogP contribution in [0.15, 0.2) is 30.3 Å². The summed E-state index contributed by atoms with van der Waals surface area (Å²) in [6, 6.07) is 9.51. The number of rotatable bonds is 5. The molecule has 0 aromatic heterocycles. The molecule has 3 aliphatic rings. The van der Waals surface area contributed by atoms with E-state index in [4.69, 9.17) is 9.47 Å². The monoisotopic (exact) mass is 395 g/mol. The topological polar surface area (TPSA) is 88.2 Å². The first-order valence-electron chi connectivity index (χ1n) is 9.17. The summed E-state index contributed by atoms with van der Waals surface area (Å²) in [6.45, 7) is 2.08. The maximum atomic E-state index is 12.9. The molecule has 8 nitrogen and oxygen atoms in total. The van der Waals surface area contributed by atoms with E-state index in [2.05, 4.69) is 5.32 Å². The Morgan fingerprint density at radius 1 is 1.33 bits per heavy atom. The second-order valence-corrected chi connectivity index (χ2v) is 9.54. The number of sulfonamides is 1. The number of methoxy groups -OCH3 is 1. The molecule has 148 valence electrons. The number of fused-ring (bicyclic) bond motifs is 1. The van der Waals surface area contributed by atoms with Gasteiger partial charge in [0.05, 0.1) is 19.3 Å². The first-order valence-corrected chi connectivity index (χ1v) is 10.7. The molecule has 3 aliphatic heterocycles. The zero-order chi connectivity index (χ0) is 19.1. The zero-order valence-corrected chi connectivity index (χ0v) is 16.2. The molecule has 1 aromatic rings. The molecular weight excluding hydrogens is 370 g/mol. The number of carbonyl (C=O) groups is 1. The van der Waals surface area contributed by atoms with Crippen LogP contribution in [0.1, 0.15) is 12.0 Å². The molecule has 4 rings (SSSR count). The lowest BCUT2D eigenvalue weighted by Gasteiger charge is -2.39. The summed E-state index contributed by atoms with van der Waals surface area (Å²) < 4.78 is 38.3. The predicted molar refractivity (Wildman–Crippen MR) is 98.6 cm³/mol. The van der Waals surface area contributed by atoms with E-state index in [-0.39, 0.29) is 25.2 Å². The smallest absolute Gasteiger partial charge is 0.317 e. The van der Waals surface area contributed by atoms with E-state index in [1.807, 2.05) is 30.3 Å². The van der Waals surface area contributed by atoms with Crippen molar-refractivity contribution in [2.75, 3.05) is 39.9 Å². The van der Waals surface area contributed by atoms with Crippen molar-refractivity contribution in [1.82, 2.24) is 14.5 Å². The minimum absolute atomic E-state index is 0.181. The van der Waals surface area contributed by atoms with Gasteiger partial charge in [0.25, 0.3) is 0 Å². The Kier molecular flexibility index (Phi) is 4.87. The Labute approximate surface area is 159 Å². The fourth-order valence-corrected chi connectivity index (χ4v) is 6.68. The van der Waals surface area contributed by atoms with Crippen molar-refractivity contribution in [3.63, 3.8) is 0 Å². The molecule has 0 aliphatic carbocycles. The Balaban J connectivity index is 1.45. The molecule has 3 atom stereocenters. The Morgan fingerprint density at radius 3 is 2.85 bits per heavy atom. The van der Waals surface area contributed by atoms with E-state index < -0.39 is 20.9 Å². The van der Waals surface area contributed by atoms with Crippen LogP contribution in [-0.2, 0) is 26.0 Å². The van der Waals surface area contributed by atoms with E-state index >= 15 is 0 Å². The molecule has 3 heterocycles. The van der Waals surface area contributed by atoms with Crippen molar-refractivity contribution < 1.29 is 22.7 Å². The summed E-state index contributed by atoms with van der Waals surface area (Å²) in [5, 5.41) is 2.34. The Morgan fingerprint density at radius 2 is 2.11 bits per heavy atom. The van der Waals surface area contributed by atoms with Gasteiger partial charge in [0, 0.05) is 33.3 Å². The lowest BCUT2D eigenvalue weighted by atomic mass is 9.99. The van der Waals surface area contributed by atoms with Crippen LogP contribution in [0.2, 0.25) is 0 Å². The highest BCUT2D eigenvalue weighted by atomic mass is 32.2. The van der Waals surface area contributed by atoms with Gasteiger partial charge in [0.2, 0.25) is 10.0 Å². The van der Waals surface area contributed by atoms with Gasteiger partial charge in [0.1, 0.15) is 10.9 Å². The van der Waals surface area contributed by atoms with Gasteiger partial charge in [-0.15, -0.1) is 0 Å². The molecule has 3 saturated heterocycles. The summed E-state index contributed by atoms with van der Waals surface area (Å²) in [5.41, 5.74) is 0.187. The molecule has 2 bridgehead atoms. The molecule has 27 heavy (non-hydrogen) atoms. The van der Waals surface area contributed by atoms with Crippen LogP contribution in [-0.4, -0.2) is 80.5 Å². The number of nitrogens with one attached hydrogen (secondary N) is 1. The van der Waals surface area contributed by atoms with Crippen LogP contribution in [0.5, 0.6) is 0 Å². The molecule has 0 saturated carbocycles. The summed E-state index contributed by atoms with van der Waals surface area (Å²) in [6.07, 6.45) is 0.208. The lowest BCUT2D eigenvalue weighted by molar-refractivity contribution is -0.0959. The number of likely N-dealkylation sites (tertiary alicyclic amines) is 1. The highest BCUT2D eigenvalue weighted by Crippen LogP contribution is 2.46. The average Bonchev–Trinajstić information content (AvgIpc) is 3.04. The Bertz CT molecular complexity index is 802.